The molecule has 0 aliphatic rings. The second kappa shape index (κ2) is 5.31. The van der Waals surface area contributed by atoms with Crippen LogP contribution >= 0.6 is 0 Å². The topological polar surface area (TPSA) is 65.9 Å². The molecule has 0 atom stereocenters. The van der Waals surface area contributed by atoms with Gasteiger partial charge in [0.1, 0.15) is 17.4 Å². The Hall–Kier alpha value is -2.68. The van der Waals surface area contributed by atoms with Gasteiger partial charge in [-0.05, 0) is 42.0 Å². The molecule has 19 heavy (non-hydrogen) atoms. The molecular formula is C13H8F2N2O2. The first-order valence-corrected chi connectivity index (χ1v) is 5.29. The zero-order chi connectivity index (χ0) is 13.8. The molecule has 6 heteroatoms. The highest BCUT2D eigenvalue weighted by Gasteiger charge is 2.05. The van der Waals surface area contributed by atoms with E-state index in [1.165, 1.54) is 30.3 Å². The Bertz CT molecular complexity index is 672. The van der Waals surface area contributed by atoms with Gasteiger partial charge in [-0.25, -0.2) is 0 Å². The van der Waals surface area contributed by atoms with Gasteiger partial charge in [-0.15, -0.1) is 0 Å². The molecule has 2 rings (SSSR count). The summed E-state index contributed by atoms with van der Waals surface area (Å²) in [6.45, 7) is -2.87. The Kier molecular flexibility index (Phi) is 3.57. The Labute approximate surface area is 106 Å². The van der Waals surface area contributed by atoms with Crippen molar-refractivity contribution in [3.8, 4) is 23.1 Å². The standard InChI is InChI=1S/C13H8F2N2O2/c14-13(15)19-10-4-1-8(2-5-10)11-6-3-9(7-16)12(18)17-11/h1-6,13H,(H,17,18). The minimum absolute atomic E-state index is 0.0152. The van der Waals surface area contributed by atoms with Gasteiger partial charge in [0.2, 0.25) is 0 Å². The predicted octanol–water partition coefficient (Wildman–Crippen LogP) is 2.51. The van der Waals surface area contributed by atoms with E-state index in [0.29, 0.717) is 11.3 Å². The third-order valence-corrected chi connectivity index (χ3v) is 2.42. The molecule has 96 valence electrons. The number of benzene rings is 1. The third-order valence-electron chi connectivity index (χ3n) is 2.42. The smallest absolute Gasteiger partial charge is 0.387 e. The van der Waals surface area contributed by atoms with Crippen molar-refractivity contribution in [2.24, 2.45) is 0 Å². The quantitative estimate of drug-likeness (QED) is 0.924. The van der Waals surface area contributed by atoms with E-state index in [1.807, 2.05) is 0 Å². The van der Waals surface area contributed by atoms with E-state index < -0.39 is 12.2 Å². The van der Waals surface area contributed by atoms with E-state index in [9.17, 15) is 13.6 Å². The molecule has 2 aromatic rings. The van der Waals surface area contributed by atoms with E-state index in [4.69, 9.17) is 5.26 Å². The molecule has 1 aromatic carbocycles. The van der Waals surface area contributed by atoms with Gasteiger partial charge >= 0.3 is 6.61 Å². The van der Waals surface area contributed by atoms with Gasteiger partial charge in [-0.1, -0.05) is 0 Å². The van der Waals surface area contributed by atoms with Crippen molar-refractivity contribution in [1.82, 2.24) is 4.98 Å². The summed E-state index contributed by atoms with van der Waals surface area (Å²) in [6.07, 6.45) is 0. The van der Waals surface area contributed by atoms with Gasteiger partial charge in [-0.2, -0.15) is 14.0 Å². The number of aromatic amines is 1. The normalized spacial score (nSPS) is 10.2. The lowest BCUT2D eigenvalue weighted by molar-refractivity contribution is -0.0498. The van der Waals surface area contributed by atoms with Crippen molar-refractivity contribution in [3.05, 3.63) is 52.3 Å². The van der Waals surface area contributed by atoms with Crippen molar-refractivity contribution in [2.75, 3.05) is 0 Å². The van der Waals surface area contributed by atoms with E-state index >= 15 is 0 Å². The largest absolute Gasteiger partial charge is 0.435 e. The maximum absolute atomic E-state index is 12.0. The fourth-order valence-corrected chi connectivity index (χ4v) is 1.55. The molecule has 0 amide bonds. The van der Waals surface area contributed by atoms with E-state index in [-0.39, 0.29) is 11.3 Å². The van der Waals surface area contributed by atoms with Crippen molar-refractivity contribution in [3.63, 3.8) is 0 Å². The lowest BCUT2D eigenvalue weighted by Crippen LogP contribution is -2.10. The first-order chi connectivity index (χ1) is 9.10. The molecule has 1 N–H and O–H groups in total. The Morgan fingerprint density at radius 1 is 1.16 bits per heavy atom. The number of rotatable bonds is 3. The van der Waals surface area contributed by atoms with Crippen molar-refractivity contribution >= 4 is 0 Å². The Morgan fingerprint density at radius 2 is 1.84 bits per heavy atom. The maximum Gasteiger partial charge on any atom is 0.387 e. The van der Waals surface area contributed by atoms with Crippen LogP contribution in [0.15, 0.2) is 41.2 Å². The highest BCUT2D eigenvalue weighted by molar-refractivity contribution is 5.60. The molecule has 0 radical (unpaired) electrons. The molecule has 0 aliphatic carbocycles. The van der Waals surface area contributed by atoms with Gasteiger partial charge in [-0.3, -0.25) is 4.79 Å². The first-order valence-electron chi connectivity index (χ1n) is 5.29. The maximum atomic E-state index is 12.0. The number of pyridine rings is 1. The third kappa shape index (κ3) is 2.96. The van der Waals surface area contributed by atoms with Crippen LogP contribution < -0.4 is 10.3 Å². The van der Waals surface area contributed by atoms with Crippen LogP contribution in [0.4, 0.5) is 8.78 Å². The molecule has 1 heterocycles. The number of nitrogens with zero attached hydrogens (tertiary/aromatic N) is 1. The average Bonchev–Trinajstić information content (AvgIpc) is 2.39. The summed E-state index contributed by atoms with van der Waals surface area (Å²) >= 11 is 0. The van der Waals surface area contributed by atoms with E-state index in [2.05, 4.69) is 9.72 Å². The lowest BCUT2D eigenvalue weighted by Gasteiger charge is -2.06. The number of hydrogen-bond donors (Lipinski definition) is 1. The van der Waals surface area contributed by atoms with Gasteiger partial charge in [0.25, 0.3) is 5.56 Å². The fraction of sp³-hybridized carbons (Fsp3) is 0.0769. The number of nitriles is 1. The van der Waals surface area contributed by atoms with Gasteiger partial charge in [0.05, 0.1) is 0 Å². The summed E-state index contributed by atoms with van der Waals surface area (Å²) in [4.78, 5) is 14.0. The van der Waals surface area contributed by atoms with Gasteiger partial charge in [0.15, 0.2) is 0 Å². The molecule has 0 spiro atoms. The summed E-state index contributed by atoms with van der Waals surface area (Å²) < 4.78 is 28.2. The number of ether oxygens (including phenoxy) is 1. The summed E-state index contributed by atoms with van der Waals surface area (Å²) in [5.41, 5.74) is 0.644. The highest BCUT2D eigenvalue weighted by atomic mass is 19.3. The van der Waals surface area contributed by atoms with Crippen LogP contribution in [-0.4, -0.2) is 11.6 Å². The van der Waals surface area contributed by atoms with Crippen LogP contribution in [0, 0.1) is 11.3 Å². The number of H-pyrrole nitrogens is 1. The Morgan fingerprint density at radius 3 is 2.37 bits per heavy atom. The summed E-state index contributed by atoms with van der Waals surface area (Å²) in [5.74, 6) is 0.0368. The van der Waals surface area contributed by atoms with E-state index in [0.717, 1.165) is 0 Å². The molecule has 4 nitrogen and oxygen atoms in total. The van der Waals surface area contributed by atoms with Crippen LogP contribution in [0.2, 0.25) is 0 Å². The van der Waals surface area contributed by atoms with Crippen LogP contribution in [0.3, 0.4) is 0 Å². The number of aromatic nitrogens is 1. The number of halogens is 2. The van der Waals surface area contributed by atoms with Crippen molar-refractivity contribution < 1.29 is 13.5 Å². The van der Waals surface area contributed by atoms with Gasteiger partial charge in [0, 0.05) is 5.69 Å². The lowest BCUT2D eigenvalue weighted by atomic mass is 10.1. The molecular weight excluding hydrogens is 254 g/mol. The van der Waals surface area contributed by atoms with Crippen LogP contribution in [0.1, 0.15) is 5.56 Å². The molecule has 0 unspecified atom stereocenters. The molecule has 0 saturated heterocycles. The van der Waals surface area contributed by atoms with Gasteiger partial charge < -0.3 is 9.72 Å². The summed E-state index contributed by atoms with van der Waals surface area (Å²) in [6, 6.07) is 10.5. The molecule has 0 fully saturated rings. The summed E-state index contributed by atoms with van der Waals surface area (Å²) in [5, 5.41) is 8.64. The minimum Gasteiger partial charge on any atom is -0.435 e. The monoisotopic (exact) mass is 262 g/mol. The molecule has 1 aromatic heterocycles. The minimum atomic E-state index is -2.87. The number of alkyl halides is 2. The van der Waals surface area contributed by atoms with E-state index in [1.54, 1.807) is 12.1 Å². The second-order valence-electron chi connectivity index (χ2n) is 3.63. The highest BCUT2D eigenvalue weighted by Crippen LogP contribution is 2.21. The number of nitrogens with one attached hydrogen (secondary N) is 1. The van der Waals surface area contributed by atoms with Crippen molar-refractivity contribution in [1.29, 1.82) is 5.26 Å². The van der Waals surface area contributed by atoms with Crippen LogP contribution in [0.25, 0.3) is 11.3 Å². The average molecular weight is 262 g/mol. The zero-order valence-corrected chi connectivity index (χ0v) is 9.56. The number of hydrogen-bond acceptors (Lipinski definition) is 3. The van der Waals surface area contributed by atoms with Crippen LogP contribution in [0.5, 0.6) is 5.75 Å². The molecule has 0 saturated carbocycles. The summed E-state index contributed by atoms with van der Waals surface area (Å²) in [7, 11) is 0. The predicted molar refractivity (Wildman–Crippen MR) is 63.8 cm³/mol. The van der Waals surface area contributed by atoms with Crippen LogP contribution in [-0.2, 0) is 0 Å². The Balaban J connectivity index is 2.30. The second-order valence-corrected chi connectivity index (χ2v) is 3.63. The molecule has 0 aliphatic heterocycles. The first kappa shape index (κ1) is 12.8. The van der Waals surface area contributed by atoms with Crippen molar-refractivity contribution in [2.45, 2.75) is 6.61 Å². The SMILES string of the molecule is N#Cc1ccc(-c2ccc(OC(F)F)cc2)[nH]c1=O. The molecule has 0 bridgehead atoms. The fourth-order valence-electron chi connectivity index (χ4n) is 1.55. The zero-order valence-electron chi connectivity index (χ0n) is 9.56.